The van der Waals surface area contributed by atoms with E-state index in [1.54, 1.807) is 0 Å². The highest BCUT2D eigenvalue weighted by Crippen LogP contribution is 2.31. The van der Waals surface area contributed by atoms with Gasteiger partial charge in [-0.3, -0.25) is 9.58 Å². The van der Waals surface area contributed by atoms with Gasteiger partial charge in [-0.1, -0.05) is 6.07 Å². The third-order valence-corrected chi connectivity index (χ3v) is 6.42. The van der Waals surface area contributed by atoms with Crippen molar-refractivity contribution in [2.45, 2.75) is 32.2 Å². The molecule has 6 rings (SSSR count). The molecule has 1 aliphatic carbocycles. The fraction of sp³-hybridized carbons (Fsp3) is 0.400. The minimum Gasteiger partial charge on any atom is -0.492 e. The molecule has 8 nitrogen and oxygen atoms in total. The standard InChI is InChI=1S/C25H29N7O/c1-2-13-30(12-1)14-15-33-22-10-8-21(9-11-22)27-25-28-24-5-3-4-23(32(24)29-25)20-16-26-31(18-20)17-19-6-7-19/h3-5,8-11,16,18-19H,1-2,6-7,12-15,17H2,(H,27,29). The summed E-state index contributed by atoms with van der Waals surface area (Å²) >= 11 is 0. The molecule has 2 fully saturated rings. The van der Waals surface area contributed by atoms with Crippen LogP contribution >= 0.6 is 0 Å². The SMILES string of the molecule is c1cc(-c2cnn(CC3CC3)c2)n2nc(Nc3ccc(OCCN4CCCC4)cc3)nc2c1. The number of nitrogens with zero attached hydrogens (tertiary/aromatic N) is 6. The summed E-state index contributed by atoms with van der Waals surface area (Å²) in [6, 6.07) is 14.0. The largest absolute Gasteiger partial charge is 0.492 e. The number of likely N-dealkylation sites (tertiary alicyclic amines) is 1. The van der Waals surface area contributed by atoms with Crippen molar-refractivity contribution >= 4 is 17.3 Å². The Morgan fingerprint density at radius 2 is 1.88 bits per heavy atom. The van der Waals surface area contributed by atoms with Crippen LogP contribution in [-0.4, -0.2) is 55.5 Å². The number of nitrogens with one attached hydrogen (secondary N) is 1. The molecule has 0 spiro atoms. The highest BCUT2D eigenvalue weighted by molar-refractivity contribution is 5.63. The maximum absolute atomic E-state index is 5.90. The van der Waals surface area contributed by atoms with Crippen molar-refractivity contribution in [3.8, 4) is 17.0 Å². The second kappa shape index (κ2) is 8.86. The molecule has 1 saturated heterocycles. The van der Waals surface area contributed by atoms with Crippen molar-refractivity contribution in [2.24, 2.45) is 5.92 Å². The minimum absolute atomic E-state index is 0.565. The molecule has 4 aromatic rings. The van der Waals surface area contributed by atoms with Crippen molar-refractivity contribution in [3.05, 3.63) is 54.9 Å². The number of benzene rings is 1. The molecule has 0 unspecified atom stereocenters. The van der Waals surface area contributed by atoms with E-state index in [1.807, 2.05) is 51.8 Å². The fourth-order valence-electron chi connectivity index (χ4n) is 4.40. The number of anilines is 2. The zero-order chi connectivity index (χ0) is 22.0. The molecule has 1 aliphatic heterocycles. The number of hydrogen-bond donors (Lipinski definition) is 1. The fourth-order valence-corrected chi connectivity index (χ4v) is 4.40. The molecule has 8 heteroatoms. The zero-order valence-electron chi connectivity index (χ0n) is 18.7. The first-order valence-electron chi connectivity index (χ1n) is 11.9. The van der Waals surface area contributed by atoms with Crippen LogP contribution in [0.5, 0.6) is 5.75 Å². The van der Waals surface area contributed by atoms with Crippen molar-refractivity contribution in [1.82, 2.24) is 29.3 Å². The number of pyridine rings is 1. The lowest BCUT2D eigenvalue weighted by atomic mass is 10.2. The van der Waals surface area contributed by atoms with E-state index in [-0.39, 0.29) is 0 Å². The van der Waals surface area contributed by atoms with E-state index < -0.39 is 0 Å². The van der Waals surface area contributed by atoms with Crippen LogP contribution in [0.4, 0.5) is 11.6 Å². The molecule has 4 heterocycles. The van der Waals surface area contributed by atoms with Gasteiger partial charge in [-0.25, -0.2) is 4.52 Å². The predicted molar refractivity (Wildman–Crippen MR) is 128 cm³/mol. The molecule has 0 radical (unpaired) electrons. The van der Waals surface area contributed by atoms with E-state index in [1.165, 1.54) is 38.8 Å². The smallest absolute Gasteiger partial charge is 0.247 e. The van der Waals surface area contributed by atoms with Gasteiger partial charge in [-0.15, -0.1) is 5.10 Å². The van der Waals surface area contributed by atoms with Gasteiger partial charge in [0.25, 0.3) is 0 Å². The van der Waals surface area contributed by atoms with E-state index in [0.717, 1.165) is 54.0 Å². The first kappa shape index (κ1) is 20.2. The van der Waals surface area contributed by atoms with Gasteiger partial charge in [0, 0.05) is 30.5 Å². The number of ether oxygens (including phenoxy) is 1. The van der Waals surface area contributed by atoms with Gasteiger partial charge in [0.15, 0.2) is 5.65 Å². The number of hydrogen-bond acceptors (Lipinski definition) is 6. The Hall–Kier alpha value is -3.39. The third kappa shape index (κ3) is 4.71. The predicted octanol–water partition coefficient (Wildman–Crippen LogP) is 4.22. The topological polar surface area (TPSA) is 72.5 Å². The van der Waals surface area contributed by atoms with Crippen LogP contribution in [0, 0.1) is 5.92 Å². The van der Waals surface area contributed by atoms with E-state index >= 15 is 0 Å². The molecular weight excluding hydrogens is 414 g/mol. The van der Waals surface area contributed by atoms with Crippen LogP contribution in [0.1, 0.15) is 25.7 Å². The molecule has 1 aromatic carbocycles. The Balaban J connectivity index is 1.12. The minimum atomic E-state index is 0.565. The first-order chi connectivity index (χ1) is 16.3. The summed E-state index contributed by atoms with van der Waals surface area (Å²) in [4.78, 5) is 7.11. The van der Waals surface area contributed by atoms with Gasteiger partial charge in [0.1, 0.15) is 12.4 Å². The van der Waals surface area contributed by atoms with E-state index in [0.29, 0.717) is 5.95 Å². The van der Waals surface area contributed by atoms with Gasteiger partial charge in [0.05, 0.1) is 11.9 Å². The molecule has 1 N–H and O–H groups in total. The van der Waals surface area contributed by atoms with Crippen LogP contribution in [0.15, 0.2) is 54.9 Å². The first-order valence-corrected chi connectivity index (χ1v) is 11.9. The Morgan fingerprint density at radius 1 is 1.03 bits per heavy atom. The van der Waals surface area contributed by atoms with Gasteiger partial charge in [-0.05, 0) is 81.1 Å². The van der Waals surface area contributed by atoms with Crippen LogP contribution < -0.4 is 10.1 Å². The van der Waals surface area contributed by atoms with Gasteiger partial charge in [-0.2, -0.15) is 10.1 Å². The molecule has 0 atom stereocenters. The molecule has 3 aromatic heterocycles. The monoisotopic (exact) mass is 443 g/mol. The summed E-state index contributed by atoms with van der Waals surface area (Å²) in [6.07, 6.45) is 9.26. The number of aromatic nitrogens is 5. The van der Waals surface area contributed by atoms with Gasteiger partial charge in [0.2, 0.25) is 5.95 Å². The molecule has 2 aliphatic rings. The van der Waals surface area contributed by atoms with E-state index in [2.05, 4.69) is 32.6 Å². The summed E-state index contributed by atoms with van der Waals surface area (Å²) in [7, 11) is 0. The van der Waals surface area contributed by atoms with E-state index in [4.69, 9.17) is 9.84 Å². The lowest BCUT2D eigenvalue weighted by Gasteiger charge is -2.15. The summed E-state index contributed by atoms with van der Waals surface area (Å²) in [5.74, 6) is 2.24. The number of fused-ring (bicyclic) bond motifs is 1. The Morgan fingerprint density at radius 3 is 2.70 bits per heavy atom. The van der Waals surface area contributed by atoms with Crippen molar-refractivity contribution in [2.75, 3.05) is 31.6 Å². The molecule has 170 valence electrons. The Bertz CT molecular complexity index is 1220. The average Bonchev–Trinajstić information content (AvgIpc) is 3.21. The lowest BCUT2D eigenvalue weighted by Crippen LogP contribution is -2.25. The number of rotatable bonds is 9. The zero-order valence-corrected chi connectivity index (χ0v) is 18.7. The third-order valence-electron chi connectivity index (χ3n) is 6.42. The van der Waals surface area contributed by atoms with Gasteiger partial charge < -0.3 is 10.1 Å². The second-order valence-corrected chi connectivity index (χ2v) is 9.06. The van der Waals surface area contributed by atoms with Crippen LogP contribution in [-0.2, 0) is 6.54 Å². The summed E-state index contributed by atoms with van der Waals surface area (Å²) in [5.41, 5.74) is 3.76. The lowest BCUT2D eigenvalue weighted by molar-refractivity contribution is 0.238. The molecule has 1 saturated carbocycles. The highest BCUT2D eigenvalue weighted by Gasteiger charge is 2.22. The summed E-state index contributed by atoms with van der Waals surface area (Å²) in [6.45, 7) is 5.11. The molecule has 33 heavy (non-hydrogen) atoms. The summed E-state index contributed by atoms with van der Waals surface area (Å²) in [5, 5.41) is 12.5. The van der Waals surface area contributed by atoms with Gasteiger partial charge >= 0.3 is 0 Å². The van der Waals surface area contributed by atoms with E-state index in [9.17, 15) is 0 Å². The second-order valence-electron chi connectivity index (χ2n) is 9.06. The molecular formula is C25H29N7O. The molecule has 0 bridgehead atoms. The van der Waals surface area contributed by atoms with Crippen molar-refractivity contribution < 1.29 is 4.74 Å². The van der Waals surface area contributed by atoms with Crippen molar-refractivity contribution in [1.29, 1.82) is 0 Å². The Labute approximate surface area is 193 Å². The maximum Gasteiger partial charge on any atom is 0.247 e. The van der Waals surface area contributed by atoms with Crippen molar-refractivity contribution in [3.63, 3.8) is 0 Å². The normalized spacial score (nSPS) is 16.5. The maximum atomic E-state index is 5.90. The molecule has 0 amide bonds. The quantitative estimate of drug-likeness (QED) is 0.418. The van der Waals surface area contributed by atoms with Crippen LogP contribution in [0.2, 0.25) is 0 Å². The average molecular weight is 444 g/mol. The summed E-state index contributed by atoms with van der Waals surface area (Å²) < 4.78 is 9.81. The van der Waals surface area contributed by atoms with Crippen LogP contribution in [0.25, 0.3) is 16.9 Å². The highest BCUT2D eigenvalue weighted by atomic mass is 16.5. The van der Waals surface area contributed by atoms with Crippen LogP contribution in [0.3, 0.4) is 0 Å². The Kier molecular flexibility index (Phi) is 5.43.